The molecule has 0 bridgehead atoms. The van der Waals surface area contributed by atoms with Crippen LogP contribution in [0, 0.1) is 5.82 Å². The molecular weight excluding hydrogens is 486 g/mol. The first-order valence-electron chi connectivity index (χ1n) is 11.7. The summed E-state index contributed by atoms with van der Waals surface area (Å²) in [6.07, 6.45) is 1.83. The molecule has 1 atom stereocenters. The molecule has 184 valence electrons. The van der Waals surface area contributed by atoms with Gasteiger partial charge in [0.1, 0.15) is 11.9 Å². The number of unbranched alkanes of at least 4 members (excludes halogenated alkanes) is 1. The summed E-state index contributed by atoms with van der Waals surface area (Å²) in [7, 11) is 0. The Morgan fingerprint density at radius 1 is 0.943 bits per heavy atom. The minimum atomic E-state index is -0.789. The highest BCUT2D eigenvalue weighted by molar-refractivity contribution is 6.31. The summed E-state index contributed by atoms with van der Waals surface area (Å²) >= 11 is 12.3. The molecule has 0 saturated heterocycles. The van der Waals surface area contributed by atoms with E-state index in [2.05, 4.69) is 5.32 Å². The number of nitrogens with zero attached hydrogens (tertiary/aromatic N) is 1. The van der Waals surface area contributed by atoms with E-state index < -0.39 is 17.8 Å². The molecule has 3 aromatic carbocycles. The lowest BCUT2D eigenvalue weighted by Crippen LogP contribution is -2.51. The van der Waals surface area contributed by atoms with Gasteiger partial charge in [-0.15, -0.1) is 0 Å². The van der Waals surface area contributed by atoms with Crippen molar-refractivity contribution in [3.05, 3.63) is 105 Å². The SMILES string of the molecule is CCCCNC(=O)[C@H](Cc1ccccc1)N(Cc1ccc(Cl)cc1)C(=O)Cc1c(F)cccc1Cl. The van der Waals surface area contributed by atoms with Crippen LogP contribution in [0.5, 0.6) is 0 Å². The maximum atomic E-state index is 14.5. The number of hydrogen-bond donors (Lipinski definition) is 1. The molecule has 0 aliphatic carbocycles. The van der Waals surface area contributed by atoms with Crippen molar-refractivity contribution in [2.24, 2.45) is 0 Å². The highest BCUT2D eigenvalue weighted by Gasteiger charge is 2.31. The van der Waals surface area contributed by atoms with Gasteiger partial charge in [0.2, 0.25) is 11.8 Å². The van der Waals surface area contributed by atoms with Crippen LogP contribution in [0.4, 0.5) is 4.39 Å². The van der Waals surface area contributed by atoms with Crippen LogP contribution in [0.2, 0.25) is 10.0 Å². The van der Waals surface area contributed by atoms with Crippen molar-refractivity contribution in [1.82, 2.24) is 10.2 Å². The number of amides is 2. The van der Waals surface area contributed by atoms with E-state index in [0.717, 1.165) is 24.0 Å². The average molecular weight is 515 g/mol. The Labute approximate surface area is 216 Å². The van der Waals surface area contributed by atoms with Gasteiger partial charge in [-0.1, -0.05) is 85.1 Å². The Morgan fingerprint density at radius 3 is 2.31 bits per heavy atom. The number of carbonyl (C=O) groups excluding carboxylic acids is 2. The zero-order valence-corrected chi connectivity index (χ0v) is 21.2. The molecule has 0 heterocycles. The maximum absolute atomic E-state index is 14.5. The fourth-order valence-corrected chi connectivity index (χ4v) is 4.16. The van der Waals surface area contributed by atoms with Gasteiger partial charge < -0.3 is 10.2 Å². The van der Waals surface area contributed by atoms with E-state index in [4.69, 9.17) is 23.2 Å². The van der Waals surface area contributed by atoms with E-state index >= 15 is 0 Å². The summed E-state index contributed by atoms with van der Waals surface area (Å²) in [5.41, 5.74) is 1.84. The fourth-order valence-electron chi connectivity index (χ4n) is 3.80. The van der Waals surface area contributed by atoms with Crippen molar-refractivity contribution in [2.75, 3.05) is 6.54 Å². The predicted octanol–water partition coefficient (Wildman–Crippen LogP) is 6.23. The molecule has 3 aromatic rings. The lowest BCUT2D eigenvalue weighted by atomic mass is 10.0. The maximum Gasteiger partial charge on any atom is 0.243 e. The van der Waals surface area contributed by atoms with Crippen molar-refractivity contribution in [2.45, 2.75) is 45.2 Å². The molecule has 2 amide bonds. The Balaban J connectivity index is 1.97. The van der Waals surface area contributed by atoms with Crippen molar-refractivity contribution in [3.8, 4) is 0 Å². The van der Waals surface area contributed by atoms with Crippen LogP contribution in [0.1, 0.15) is 36.5 Å². The van der Waals surface area contributed by atoms with Crippen LogP contribution in [-0.2, 0) is 29.0 Å². The van der Waals surface area contributed by atoms with Crippen molar-refractivity contribution >= 4 is 35.0 Å². The van der Waals surface area contributed by atoms with Crippen LogP contribution in [-0.4, -0.2) is 29.3 Å². The molecule has 0 aliphatic rings. The third kappa shape index (κ3) is 7.81. The first-order chi connectivity index (χ1) is 16.9. The van der Waals surface area contributed by atoms with Crippen molar-refractivity contribution < 1.29 is 14.0 Å². The highest BCUT2D eigenvalue weighted by atomic mass is 35.5. The van der Waals surface area contributed by atoms with Gasteiger partial charge >= 0.3 is 0 Å². The van der Waals surface area contributed by atoms with Gasteiger partial charge in [-0.25, -0.2) is 4.39 Å². The lowest BCUT2D eigenvalue weighted by Gasteiger charge is -2.32. The third-order valence-electron chi connectivity index (χ3n) is 5.76. The molecule has 3 rings (SSSR count). The van der Waals surface area contributed by atoms with Crippen LogP contribution < -0.4 is 5.32 Å². The van der Waals surface area contributed by atoms with E-state index in [-0.39, 0.29) is 29.5 Å². The van der Waals surface area contributed by atoms with Gasteiger partial charge in [0, 0.05) is 35.1 Å². The number of nitrogens with one attached hydrogen (secondary N) is 1. The Kier molecular flexibility index (Phi) is 10.1. The van der Waals surface area contributed by atoms with E-state index in [1.165, 1.54) is 17.0 Å². The minimum absolute atomic E-state index is 0.116. The van der Waals surface area contributed by atoms with E-state index in [1.54, 1.807) is 18.2 Å². The zero-order chi connectivity index (χ0) is 25.2. The number of hydrogen-bond acceptors (Lipinski definition) is 2. The summed E-state index contributed by atoms with van der Waals surface area (Å²) < 4.78 is 14.5. The first kappa shape index (κ1) is 26.7. The number of rotatable bonds is 11. The Hall–Kier alpha value is -2.89. The molecule has 0 aromatic heterocycles. The van der Waals surface area contributed by atoms with Gasteiger partial charge in [0.05, 0.1) is 6.42 Å². The standard InChI is InChI=1S/C28H29Cl2FN2O2/c1-2-3-16-32-28(35)26(17-20-8-5-4-6-9-20)33(19-21-12-14-22(29)15-13-21)27(34)18-23-24(30)10-7-11-25(23)31/h4-15,26H,2-3,16-19H2,1H3,(H,32,35)/t26-/m0/s1. The summed E-state index contributed by atoms with van der Waals surface area (Å²) in [4.78, 5) is 28.5. The lowest BCUT2D eigenvalue weighted by molar-refractivity contribution is -0.140. The molecule has 0 radical (unpaired) electrons. The molecule has 1 N–H and O–H groups in total. The van der Waals surface area contributed by atoms with E-state index in [9.17, 15) is 14.0 Å². The number of carbonyl (C=O) groups is 2. The molecule has 35 heavy (non-hydrogen) atoms. The Morgan fingerprint density at radius 2 is 1.66 bits per heavy atom. The normalized spacial score (nSPS) is 11.7. The molecule has 0 saturated carbocycles. The van der Waals surface area contributed by atoms with E-state index in [0.29, 0.717) is 18.0 Å². The van der Waals surface area contributed by atoms with Crippen molar-refractivity contribution in [3.63, 3.8) is 0 Å². The fraction of sp³-hybridized carbons (Fsp3) is 0.286. The monoisotopic (exact) mass is 514 g/mol. The number of benzene rings is 3. The summed E-state index contributed by atoms with van der Waals surface area (Å²) in [6.45, 7) is 2.73. The predicted molar refractivity (Wildman–Crippen MR) is 139 cm³/mol. The van der Waals surface area contributed by atoms with Gasteiger partial charge in [-0.2, -0.15) is 0 Å². The Bertz CT molecular complexity index is 1100. The minimum Gasteiger partial charge on any atom is -0.354 e. The number of halogens is 3. The highest BCUT2D eigenvalue weighted by Crippen LogP contribution is 2.23. The molecule has 0 aliphatic heterocycles. The van der Waals surface area contributed by atoms with Crippen LogP contribution in [0.3, 0.4) is 0 Å². The van der Waals surface area contributed by atoms with Gasteiger partial charge in [-0.05, 0) is 41.8 Å². The van der Waals surface area contributed by atoms with Crippen LogP contribution >= 0.6 is 23.2 Å². The third-order valence-corrected chi connectivity index (χ3v) is 6.36. The van der Waals surface area contributed by atoms with Gasteiger partial charge in [-0.3, -0.25) is 9.59 Å². The molecule has 0 spiro atoms. The largest absolute Gasteiger partial charge is 0.354 e. The van der Waals surface area contributed by atoms with Crippen LogP contribution in [0.25, 0.3) is 0 Å². The van der Waals surface area contributed by atoms with Gasteiger partial charge in [0.25, 0.3) is 0 Å². The zero-order valence-electron chi connectivity index (χ0n) is 19.6. The smallest absolute Gasteiger partial charge is 0.243 e. The summed E-state index contributed by atoms with van der Waals surface area (Å²) in [5, 5.41) is 3.72. The molecule has 0 fully saturated rings. The van der Waals surface area contributed by atoms with Gasteiger partial charge in [0.15, 0.2) is 0 Å². The summed E-state index contributed by atoms with van der Waals surface area (Å²) in [6, 6.07) is 20.2. The second kappa shape index (κ2) is 13.3. The topological polar surface area (TPSA) is 49.4 Å². The molecule has 4 nitrogen and oxygen atoms in total. The molecule has 0 unspecified atom stereocenters. The first-order valence-corrected chi connectivity index (χ1v) is 12.4. The summed E-state index contributed by atoms with van der Waals surface area (Å²) in [5.74, 6) is -1.19. The molecular formula is C28H29Cl2FN2O2. The quantitative estimate of drug-likeness (QED) is 0.308. The second-order valence-electron chi connectivity index (χ2n) is 8.38. The molecule has 7 heteroatoms. The average Bonchev–Trinajstić information content (AvgIpc) is 2.85. The van der Waals surface area contributed by atoms with Crippen LogP contribution in [0.15, 0.2) is 72.8 Å². The van der Waals surface area contributed by atoms with Crippen molar-refractivity contribution in [1.29, 1.82) is 0 Å². The van der Waals surface area contributed by atoms with E-state index in [1.807, 2.05) is 49.4 Å². The second-order valence-corrected chi connectivity index (χ2v) is 9.22.